The number of halogens is 1. The molecule has 1 aromatic heterocycles. The maximum absolute atomic E-state index is 12.9. The molecule has 0 radical (unpaired) electrons. The highest BCUT2D eigenvalue weighted by Crippen LogP contribution is 2.29. The van der Waals surface area contributed by atoms with Crippen LogP contribution in [0, 0.1) is 12.7 Å². The molecule has 17 heavy (non-hydrogen) atoms. The molecule has 0 amide bonds. The van der Waals surface area contributed by atoms with Gasteiger partial charge in [-0.3, -0.25) is 0 Å². The molecule has 0 atom stereocenters. The fraction of sp³-hybridized carbons (Fsp3) is 0.308. The molecule has 0 aliphatic rings. The lowest BCUT2D eigenvalue weighted by atomic mass is 10.1. The number of hydrogen-bond acceptors (Lipinski definition) is 3. The first kappa shape index (κ1) is 12.2. The van der Waals surface area contributed by atoms with E-state index in [1.54, 1.807) is 23.5 Å². The quantitative estimate of drug-likeness (QED) is 0.900. The first-order chi connectivity index (χ1) is 8.20. The highest BCUT2D eigenvalue weighted by atomic mass is 32.1. The summed E-state index contributed by atoms with van der Waals surface area (Å²) in [6.45, 7) is 5.79. The molecule has 0 saturated carbocycles. The van der Waals surface area contributed by atoms with Gasteiger partial charge in [-0.15, -0.1) is 11.3 Å². The van der Waals surface area contributed by atoms with E-state index in [1.165, 1.54) is 12.1 Å². The number of rotatable bonds is 4. The van der Waals surface area contributed by atoms with Crippen molar-refractivity contribution in [2.45, 2.75) is 20.4 Å². The Morgan fingerprint density at radius 2 is 2.00 bits per heavy atom. The van der Waals surface area contributed by atoms with Gasteiger partial charge in [0, 0.05) is 6.54 Å². The van der Waals surface area contributed by atoms with Crippen LogP contribution in [0.15, 0.2) is 24.3 Å². The second kappa shape index (κ2) is 5.38. The summed E-state index contributed by atoms with van der Waals surface area (Å²) < 4.78 is 12.9. The van der Waals surface area contributed by atoms with Gasteiger partial charge in [0.2, 0.25) is 0 Å². The number of nitrogens with zero attached hydrogens (tertiary/aromatic N) is 1. The SMILES string of the molecule is CCNCc1nc(C)c(-c2ccc(F)cc2)s1. The maximum Gasteiger partial charge on any atom is 0.123 e. The van der Waals surface area contributed by atoms with Crippen LogP contribution in [0.3, 0.4) is 0 Å². The minimum absolute atomic E-state index is 0.205. The van der Waals surface area contributed by atoms with Crippen molar-refractivity contribution in [3.8, 4) is 10.4 Å². The van der Waals surface area contributed by atoms with Gasteiger partial charge in [-0.25, -0.2) is 9.37 Å². The summed E-state index contributed by atoms with van der Waals surface area (Å²) in [7, 11) is 0. The van der Waals surface area contributed by atoms with Crippen LogP contribution in [0.4, 0.5) is 4.39 Å². The molecule has 2 rings (SSSR count). The summed E-state index contributed by atoms with van der Waals surface area (Å²) in [4.78, 5) is 5.63. The standard InChI is InChI=1S/C13H15FN2S/c1-3-15-8-12-16-9(2)13(17-12)10-4-6-11(14)7-5-10/h4-7,15H,3,8H2,1-2H3. The molecule has 0 unspecified atom stereocenters. The van der Waals surface area contributed by atoms with Gasteiger partial charge in [-0.05, 0) is 31.2 Å². The monoisotopic (exact) mass is 250 g/mol. The zero-order valence-electron chi connectivity index (χ0n) is 9.96. The van der Waals surface area contributed by atoms with E-state index < -0.39 is 0 Å². The summed E-state index contributed by atoms with van der Waals surface area (Å²) in [5, 5.41) is 4.33. The second-order valence-electron chi connectivity index (χ2n) is 3.81. The maximum atomic E-state index is 12.9. The van der Waals surface area contributed by atoms with E-state index in [0.29, 0.717) is 0 Å². The van der Waals surface area contributed by atoms with Gasteiger partial charge in [-0.1, -0.05) is 19.1 Å². The number of aromatic nitrogens is 1. The summed E-state index contributed by atoms with van der Waals surface area (Å²) in [5.41, 5.74) is 2.04. The topological polar surface area (TPSA) is 24.9 Å². The zero-order chi connectivity index (χ0) is 12.3. The van der Waals surface area contributed by atoms with E-state index in [1.807, 2.05) is 6.92 Å². The summed E-state index contributed by atoms with van der Waals surface area (Å²) in [6, 6.07) is 6.57. The molecular formula is C13H15FN2S. The zero-order valence-corrected chi connectivity index (χ0v) is 10.8. The summed E-state index contributed by atoms with van der Waals surface area (Å²) in [5.74, 6) is -0.205. The molecule has 90 valence electrons. The normalized spacial score (nSPS) is 10.8. The number of benzene rings is 1. The van der Waals surface area contributed by atoms with Crippen molar-refractivity contribution in [2.24, 2.45) is 0 Å². The average Bonchev–Trinajstić information content (AvgIpc) is 2.69. The number of thiazole rings is 1. The highest BCUT2D eigenvalue weighted by molar-refractivity contribution is 7.15. The second-order valence-corrected chi connectivity index (χ2v) is 4.89. The molecule has 0 aliphatic carbocycles. The summed E-state index contributed by atoms with van der Waals surface area (Å²) in [6.07, 6.45) is 0. The van der Waals surface area contributed by atoms with Crippen LogP contribution in [-0.4, -0.2) is 11.5 Å². The van der Waals surface area contributed by atoms with Crippen LogP contribution in [0.1, 0.15) is 17.6 Å². The number of nitrogens with one attached hydrogen (secondary N) is 1. The Bertz CT molecular complexity index is 491. The van der Waals surface area contributed by atoms with Gasteiger partial charge >= 0.3 is 0 Å². The van der Waals surface area contributed by atoms with Crippen molar-refractivity contribution >= 4 is 11.3 Å². The molecule has 1 N–H and O–H groups in total. The minimum atomic E-state index is -0.205. The van der Waals surface area contributed by atoms with Crippen molar-refractivity contribution in [1.29, 1.82) is 0 Å². The van der Waals surface area contributed by atoms with E-state index in [4.69, 9.17) is 0 Å². The lowest BCUT2D eigenvalue weighted by molar-refractivity contribution is 0.628. The third kappa shape index (κ3) is 2.90. The van der Waals surface area contributed by atoms with Crippen LogP contribution in [0.2, 0.25) is 0 Å². The highest BCUT2D eigenvalue weighted by Gasteiger charge is 2.09. The third-order valence-corrected chi connectivity index (χ3v) is 3.68. The molecule has 2 aromatic rings. The van der Waals surface area contributed by atoms with E-state index in [0.717, 1.165) is 34.2 Å². The summed E-state index contributed by atoms with van der Waals surface area (Å²) >= 11 is 1.66. The lowest BCUT2D eigenvalue weighted by Gasteiger charge is -1.97. The third-order valence-electron chi connectivity index (χ3n) is 2.47. The Labute approximate surface area is 105 Å². The van der Waals surface area contributed by atoms with Crippen LogP contribution in [0.25, 0.3) is 10.4 Å². The van der Waals surface area contributed by atoms with Gasteiger partial charge in [0.15, 0.2) is 0 Å². The van der Waals surface area contributed by atoms with Crippen LogP contribution in [0.5, 0.6) is 0 Å². The largest absolute Gasteiger partial charge is 0.311 e. The smallest absolute Gasteiger partial charge is 0.123 e. The van der Waals surface area contributed by atoms with Crippen molar-refractivity contribution in [3.63, 3.8) is 0 Å². The molecule has 1 aromatic carbocycles. The van der Waals surface area contributed by atoms with Gasteiger partial charge in [0.1, 0.15) is 10.8 Å². The van der Waals surface area contributed by atoms with Crippen molar-refractivity contribution in [1.82, 2.24) is 10.3 Å². The molecule has 0 spiro atoms. The predicted octanol–water partition coefficient (Wildman–Crippen LogP) is 3.37. The lowest BCUT2D eigenvalue weighted by Crippen LogP contribution is -2.11. The Kier molecular flexibility index (Phi) is 3.86. The van der Waals surface area contributed by atoms with E-state index >= 15 is 0 Å². The fourth-order valence-corrected chi connectivity index (χ4v) is 2.67. The number of aryl methyl sites for hydroxylation is 1. The molecular weight excluding hydrogens is 235 g/mol. The predicted molar refractivity (Wildman–Crippen MR) is 69.6 cm³/mol. The van der Waals surface area contributed by atoms with Crippen LogP contribution in [-0.2, 0) is 6.54 Å². The average molecular weight is 250 g/mol. The first-order valence-corrected chi connectivity index (χ1v) is 6.45. The van der Waals surface area contributed by atoms with Gasteiger partial charge in [0.05, 0.1) is 10.6 Å². The van der Waals surface area contributed by atoms with Gasteiger partial charge < -0.3 is 5.32 Å². The van der Waals surface area contributed by atoms with E-state index in [9.17, 15) is 4.39 Å². The van der Waals surface area contributed by atoms with Crippen LogP contribution >= 0.6 is 11.3 Å². The van der Waals surface area contributed by atoms with Crippen LogP contribution < -0.4 is 5.32 Å². The molecule has 0 fully saturated rings. The van der Waals surface area contributed by atoms with E-state index in [-0.39, 0.29) is 5.82 Å². The van der Waals surface area contributed by atoms with Crippen molar-refractivity contribution in [2.75, 3.05) is 6.54 Å². The first-order valence-electron chi connectivity index (χ1n) is 5.63. The van der Waals surface area contributed by atoms with E-state index in [2.05, 4.69) is 17.2 Å². The van der Waals surface area contributed by atoms with Gasteiger partial charge in [-0.2, -0.15) is 0 Å². The van der Waals surface area contributed by atoms with Gasteiger partial charge in [0.25, 0.3) is 0 Å². The molecule has 1 heterocycles. The molecule has 4 heteroatoms. The Morgan fingerprint density at radius 3 is 2.65 bits per heavy atom. The van der Waals surface area contributed by atoms with Crippen molar-refractivity contribution in [3.05, 3.63) is 40.8 Å². The number of hydrogen-bond donors (Lipinski definition) is 1. The Morgan fingerprint density at radius 1 is 1.29 bits per heavy atom. The Hall–Kier alpha value is -1.26. The molecule has 0 bridgehead atoms. The fourth-order valence-electron chi connectivity index (χ4n) is 1.63. The molecule has 0 aliphatic heterocycles. The minimum Gasteiger partial charge on any atom is -0.311 e. The molecule has 0 saturated heterocycles. The molecule has 2 nitrogen and oxygen atoms in total. The van der Waals surface area contributed by atoms with Crippen molar-refractivity contribution < 1.29 is 4.39 Å². The Balaban J connectivity index is 2.26.